The number of amides is 1. The van der Waals surface area contributed by atoms with Crippen molar-refractivity contribution in [2.24, 2.45) is 5.73 Å². The molecule has 1 amide bonds. The van der Waals surface area contributed by atoms with E-state index in [1.54, 1.807) is 23.0 Å². The Morgan fingerprint density at radius 2 is 2.22 bits per heavy atom. The minimum atomic E-state index is -0.277. The second-order valence-electron chi connectivity index (χ2n) is 5.25. The third-order valence-electron chi connectivity index (χ3n) is 2.30. The van der Waals surface area contributed by atoms with Gasteiger partial charge in [-0.25, -0.2) is 4.39 Å². The maximum Gasteiger partial charge on any atom is 0.253 e. The van der Waals surface area contributed by atoms with Crippen LogP contribution in [0.5, 0.6) is 0 Å². The number of rotatable bonds is 4. The fourth-order valence-corrected chi connectivity index (χ4v) is 1.46. The number of aromatic nitrogens is 1. The first-order valence-electron chi connectivity index (χ1n) is 5.82. The summed E-state index contributed by atoms with van der Waals surface area (Å²) in [6.45, 7) is 6.27. The molecule has 5 heteroatoms. The van der Waals surface area contributed by atoms with Gasteiger partial charge in [0.1, 0.15) is 0 Å². The van der Waals surface area contributed by atoms with E-state index in [2.05, 4.69) is 5.32 Å². The van der Waals surface area contributed by atoms with E-state index >= 15 is 0 Å². The van der Waals surface area contributed by atoms with Crippen LogP contribution in [0.4, 0.5) is 4.39 Å². The quantitative estimate of drug-likeness (QED) is 0.860. The average Bonchev–Trinajstić information content (AvgIpc) is 2.72. The Kier molecular flexibility index (Phi) is 4.67. The Labute approximate surface area is 107 Å². The van der Waals surface area contributed by atoms with Gasteiger partial charge in [0.05, 0.1) is 11.9 Å². The zero-order valence-corrected chi connectivity index (χ0v) is 11.0. The van der Waals surface area contributed by atoms with Crippen LogP contribution in [0.25, 0.3) is 0 Å². The Morgan fingerprint density at radius 3 is 2.72 bits per heavy atom. The molecular weight excluding hydrogens is 233 g/mol. The Morgan fingerprint density at radius 1 is 1.56 bits per heavy atom. The molecule has 0 aromatic carbocycles. The summed E-state index contributed by atoms with van der Waals surface area (Å²) >= 11 is 0. The molecule has 0 aliphatic heterocycles. The average molecular weight is 253 g/mol. The van der Waals surface area contributed by atoms with Crippen LogP contribution >= 0.6 is 0 Å². The molecule has 0 unspecified atom stereocenters. The molecule has 0 spiro atoms. The van der Waals surface area contributed by atoms with Crippen LogP contribution in [0.15, 0.2) is 30.4 Å². The molecule has 4 nitrogen and oxygen atoms in total. The maximum absolute atomic E-state index is 12.4. The largest absolute Gasteiger partial charge is 0.349 e. The van der Waals surface area contributed by atoms with Gasteiger partial charge < -0.3 is 15.6 Å². The van der Waals surface area contributed by atoms with Gasteiger partial charge >= 0.3 is 0 Å². The summed E-state index contributed by atoms with van der Waals surface area (Å²) in [5.74, 6) is -0.139. The molecule has 18 heavy (non-hydrogen) atoms. The van der Waals surface area contributed by atoms with Gasteiger partial charge in [0.15, 0.2) is 0 Å². The topological polar surface area (TPSA) is 60.0 Å². The smallest absolute Gasteiger partial charge is 0.253 e. The minimum absolute atomic E-state index is 0.139. The van der Waals surface area contributed by atoms with Crippen molar-refractivity contribution < 1.29 is 9.18 Å². The van der Waals surface area contributed by atoms with E-state index in [9.17, 15) is 9.18 Å². The fourth-order valence-electron chi connectivity index (χ4n) is 1.46. The number of nitrogens with zero attached hydrogens (tertiary/aromatic N) is 1. The second kappa shape index (κ2) is 5.82. The van der Waals surface area contributed by atoms with E-state index in [1.165, 1.54) is 0 Å². The molecule has 0 saturated heterocycles. The van der Waals surface area contributed by atoms with E-state index in [1.807, 2.05) is 20.8 Å². The van der Waals surface area contributed by atoms with Gasteiger partial charge in [-0.3, -0.25) is 4.79 Å². The molecule has 0 aliphatic rings. The van der Waals surface area contributed by atoms with Crippen LogP contribution in [0.1, 0.15) is 31.1 Å². The molecule has 1 heterocycles. The Bertz CT molecular complexity index is 443. The van der Waals surface area contributed by atoms with E-state index in [0.29, 0.717) is 24.0 Å². The summed E-state index contributed by atoms with van der Waals surface area (Å²) in [6, 6.07) is 1.70. The van der Waals surface area contributed by atoms with Gasteiger partial charge in [-0.15, -0.1) is 0 Å². The molecule has 1 rings (SSSR count). The fraction of sp³-hybridized carbons (Fsp3) is 0.462. The lowest BCUT2D eigenvalue weighted by atomic mass is 10.1. The van der Waals surface area contributed by atoms with Crippen LogP contribution in [0.3, 0.4) is 0 Å². The third-order valence-corrected chi connectivity index (χ3v) is 2.30. The highest BCUT2D eigenvalue weighted by molar-refractivity contribution is 5.94. The van der Waals surface area contributed by atoms with Crippen molar-refractivity contribution >= 4 is 5.91 Å². The van der Waals surface area contributed by atoms with Gasteiger partial charge in [-0.1, -0.05) is 0 Å². The SMILES string of the molecule is CC(C)(C)NC(=O)c1ccn(C/C(=C/F)CN)c1. The van der Waals surface area contributed by atoms with Gasteiger partial charge in [-0.2, -0.15) is 0 Å². The summed E-state index contributed by atoms with van der Waals surface area (Å²) in [7, 11) is 0. The number of carbonyl (C=O) groups is 1. The van der Waals surface area contributed by atoms with Gasteiger partial charge in [0.2, 0.25) is 0 Å². The van der Waals surface area contributed by atoms with Crippen molar-refractivity contribution in [2.75, 3.05) is 6.54 Å². The molecule has 0 saturated carbocycles. The Balaban J connectivity index is 2.72. The van der Waals surface area contributed by atoms with Crippen LogP contribution in [0, 0.1) is 0 Å². The lowest BCUT2D eigenvalue weighted by molar-refractivity contribution is 0.0919. The highest BCUT2D eigenvalue weighted by Crippen LogP contribution is 2.07. The van der Waals surface area contributed by atoms with Crippen LogP contribution in [-0.4, -0.2) is 22.6 Å². The Hall–Kier alpha value is -1.62. The van der Waals surface area contributed by atoms with E-state index in [-0.39, 0.29) is 18.0 Å². The predicted molar refractivity (Wildman–Crippen MR) is 69.9 cm³/mol. The number of nitrogens with one attached hydrogen (secondary N) is 1. The first-order chi connectivity index (χ1) is 8.35. The number of halogens is 1. The van der Waals surface area contributed by atoms with Gasteiger partial charge in [0, 0.05) is 31.0 Å². The molecule has 3 N–H and O–H groups in total. The molecule has 0 fully saturated rings. The molecule has 1 aromatic rings. The van der Waals surface area contributed by atoms with E-state index < -0.39 is 0 Å². The van der Waals surface area contributed by atoms with Crippen molar-refractivity contribution in [3.05, 3.63) is 35.9 Å². The summed E-state index contributed by atoms with van der Waals surface area (Å²) < 4.78 is 14.1. The second-order valence-corrected chi connectivity index (χ2v) is 5.25. The number of nitrogens with two attached hydrogens (primary N) is 1. The first kappa shape index (κ1) is 14.4. The van der Waals surface area contributed by atoms with Crippen LogP contribution in [-0.2, 0) is 6.54 Å². The minimum Gasteiger partial charge on any atom is -0.349 e. The van der Waals surface area contributed by atoms with Crippen molar-refractivity contribution in [3.8, 4) is 0 Å². The molecule has 0 bridgehead atoms. The van der Waals surface area contributed by atoms with Crippen molar-refractivity contribution in [3.63, 3.8) is 0 Å². The lowest BCUT2D eigenvalue weighted by Crippen LogP contribution is -2.40. The molecule has 100 valence electrons. The van der Waals surface area contributed by atoms with Gasteiger partial charge in [0.25, 0.3) is 5.91 Å². The summed E-state index contributed by atoms with van der Waals surface area (Å²) in [4.78, 5) is 11.9. The number of hydrogen-bond donors (Lipinski definition) is 2. The predicted octanol–water partition coefficient (Wildman–Crippen LogP) is 1.83. The van der Waals surface area contributed by atoms with Crippen molar-refractivity contribution in [1.82, 2.24) is 9.88 Å². The molecular formula is C13H20FN3O. The summed E-state index contributed by atoms with van der Waals surface area (Å²) in [6.07, 6.45) is 3.92. The monoisotopic (exact) mass is 253 g/mol. The summed E-state index contributed by atoms with van der Waals surface area (Å²) in [5.41, 5.74) is 6.14. The highest BCUT2D eigenvalue weighted by Gasteiger charge is 2.15. The molecule has 0 aliphatic carbocycles. The van der Waals surface area contributed by atoms with Gasteiger partial charge in [-0.05, 0) is 32.4 Å². The normalized spacial score (nSPS) is 12.6. The molecule has 1 aromatic heterocycles. The lowest BCUT2D eigenvalue weighted by Gasteiger charge is -2.19. The van der Waals surface area contributed by atoms with Crippen molar-refractivity contribution in [1.29, 1.82) is 0 Å². The van der Waals surface area contributed by atoms with Crippen molar-refractivity contribution in [2.45, 2.75) is 32.9 Å². The van der Waals surface area contributed by atoms with Crippen LogP contribution < -0.4 is 11.1 Å². The third kappa shape index (κ3) is 4.33. The maximum atomic E-state index is 12.4. The highest BCUT2D eigenvalue weighted by atomic mass is 19.1. The van der Waals surface area contributed by atoms with Crippen LogP contribution in [0.2, 0.25) is 0 Å². The zero-order valence-electron chi connectivity index (χ0n) is 11.0. The summed E-state index contributed by atoms with van der Waals surface area (Å²) in [5, 5.41) is 2.86. The van der Waals surface area contributed by atoms with E-state index in [0.717, 1.165) is 0 Å². The first-order valence-corrected chi connectivity index (χ1v) is 5.82. The zero-order chi connectivity index (χ0) is 13.8. The standard InChI is InChI=1S/C13H20FN3O/c1-13(2,3)16-12(18)11-4-5-17(9-11)8-10(6-14)7-15/h4-6,9H,7-8,15H2,1-3H3,(H,16,18)/b10-6+. The number of carbonyl (C=O) groups excluding carboxylic acids is 1. The molecule has 0 radical (unpaired) electrons. The molecule has 0 atom stereocenters. The van der Waals surface area contributed by atoms with E-state index in [4.69, 9.17) is 5.73 Å². The number of hydrogen-bond acceptors (Lipinski definition) is 2.